The summed E-state index contributed by atoms with van der Waals surface area (Å²) in [6.07, 6.45) is 1.86. The number of Topliss-reactive ketones (excluding diaryl/α,β-unsaturated/α-hetero) is 1. The van der Waals surface area contributed by atoms with Crippen LogP contribution in [0, 0.1) is 11.3 Å². The van der Waals surface area contributed by atoms with Crippen molar-refractivity contribution in [1.29, 1.82) is 0 Å². The summed E-state index contributed by atoms with van der Waals surface area (Å²) in [6, 6.07) is 0. The van der Waals surface area contributed by atoms with Crippen LogP contribution in [0.5, 0.6) is 0 Å². The lowest BCUT2D eigenvalue weighted by Crippen LogP contribution is -2.40. The highest BCUT2D eigenvalue weighted by Gasteiger charge is 2.40. The summed E-state index contributed by atoms with van der Waals surface area (Å²) in [7, 11) is 0. The van der Waals surface area contributed by atoms with Crippen molar-refractivity contribution in [3.05, 3.63) is 0 Å². The highest BCUT2D eigenvalue weighted by molar-refractivity contribution is 14.1. The van der Waals surface area contributed by atoms with Crippen LogP contribution >= 0.6 is 22.6 Å². The summed E-state index contributed by atoms with van der Waals surface area (Å²) in [5, 5.41) is 0. The third-order valence-electron chi connectivity index (χ3n) is 3.05. The molecule has 0 aromatic carbocycles. The molecule has 1 saturated carbocycles. The van der Waals surface area contributed by atoms with Crippen LogP contribution in [0.1, 0.15) is 33.6 Å². The third-order valence-corrected chi connectivity index (χ3v) is 5.28. The van der Waals surface area contributed by atoms with Crippen LogP contribution in [0.4, 0.5) is 0 Å². The molecule has 2 atom stereocenters. The summed E-state index contributed by atoms with van der Waals surface area (Å²) < 4.78 is 0.660. The van der Waals surface area contributed by atoms with E-state index in [1.54, 1.807) is 0 Å². The van der Waals surface area contributed by atoms with Gasteiger partial charge in [-0.3, -0.25) is 4.79 Å². The van der Waals surface area contributed by atoms with E-state index in [4.69, 9.17) is 0 Å². The fourth-order valence-corrected chi connectivity index (χ4v) is 2.39. The van der Waals surface area contributed by atoms with Crippen molar-refractivity contribution in [2.24, 2.45) is 11.3 Å². The lowest BCUT2D eigenvalue weighted by Gasteiger charge is -2.39. The van der Waals surface area contributed by atoms with Gasteiger partial charge in [0, 0.05) is 16.3 Å². The number of halogens is 1. The fraction of sp³-hybridized carbons (Fsp3) is 0.889. The van der Waals surface area contributed by atoms with Gasteiger partial charge in [-0.25, -0.2) is 0 Å². The lowest BCUT2D eigenvalue weighted by atomic mass is 9.69. The molecule has 1 aliphatic carbocycles. The average molecular weight is 266 g/mol. The first-order valence-electron chi connectivity index (χ1n) is 4.13. The molecular formula is C9H15IO. The Balaban J connectivity index is 2.80. The zero-order chi connectivity index (χ0) is 8.65. The minimum absolute atomic E-state index is 0.204. The molecule has 0 bridgehead atoms. The van der Waals surface area contributed by atoms with Crippen LogP contribution in [0.15, 0.2) is 0 Å². The smallest absolute Gasteiger partial charge is 0.136 e. The Kier molecular flexibility index (Phi) is 2.62. The molecule has 1 aliphatic rings. The van der Waals surface area contributed by atoms with Gasteiger partial charge in [0.15, 0.2) is 0 Å². The summed E-state index contributed by atoms with van der Waals surface area (Å²) >= 11 is 2.47. The molecule has 0 aliphatic heterocycles. The number of alkyl halides is 1. The molecule has 0 amide bonds. The van der Waals surface area contributed by atoms with Crippen molar-refractivity contribution in [2.75, 3.05) is 0 Å². The average Bonchev–Trinajstić information content (AvgIpc) is 1.95. The Morgan fingerprint density at radius 1 is 1.55 bits per heavy atom. The summed E-state index contributed by atoms with van der Waals surface area (Å²) in [5.41, 5.74) is 0.204. The SMILES string of the molecule is C[C@@H]1C(=O)CC[C@@H](I)C1(C)C. The van der Waals surface area contributed by atoms with Gasteiger partial charge < -0.3 is 0 Å². The Hall–Kier alpha value is 0.400. The predicted octanol–water partition coefficient (Wildman–Crippen LogP) is 2.82. The topological polar surface area (TPSA) is 17.1 Å². The molecule has 0 aromatic rings. The van der Waals surface area contributed by atoms with Gasteiger partial charge in [0.05, 0.1) is 0 Å². The first-order chi connectivity index (χ1) is 4.96. The Morgan fingerprint density at radius 2 is 2.09 bits per heavy atom. The van der Waals surface area contributed by atoms with Crippen LogP contribution < -0.4 is 0 Å². The van der Waals surface area contributed by atoms with Crippen LogP contribution in [0.3, 0.4) is 0 Å². The fourth-order valence-electron chi connectivity index (χ4n) is 1.54. The first-order valence-corrected chi connectivity index (χ1v) is 5.37. The number of hydrogen-bond acceptors (Lipinski definition) is 1. The zero-order valence-electron chi connectivity index (χ0n) is 7.36. The normalized spacial score (nSPS) is 37.3. The van der Waals surface area contributed by atoms with Crippen molar-refractivity contribution in [2.45, 2.75) is 37.5 Å². The molecule has 0 aromatic heterocycles. The van der Waals surface area contributed by atoms with Gasteiger partial charge in [-0.2, -0.15) is 0 Å². The standard InChI is InChI=1S/C9H15IO/c1-6-7(11)4-5-8(10)9(6,2)3/h6,8H,4-5H2,1-3H3/t6-,8-/m1/s1. The van der Waals surface area contributed by atoms with Crippen molar-refractivity contribution >= 4 is 28.4 Å². The van der Waals surface area contributed by atoms with Gasteiger partial charge in [0.1, 0.15) is 5.78 Å². The van der Waals surface area contributed by atoms with Gasteiger partial charge in [-0.05, 0) is 11.8 Å². The quantitative estimate of drug-likeness (QED) is 0.486. The lowest BCUT2D eigenvalue weighted by molar-refractivity contribution is -0.127. The number of hydrogen-bond donors (Lipinski definition) is 0. The van der Waals surface area contributed by atoms with Gasteiger partial charge in [0.2, 0.25) is 0 Å². The molecule has 0 unspecified atom stereocenters. The summed E-state index contributed by atoms with van der Waals surface area (Å²) in [4.78, 5) is 11.4. The van der Waals surface area contributed by atoms with E-state index >= 15 is 0 Å². The Bertz CT molecular complexity index is 174. The monoisotopic (exact) mass is 266 g/mol. The van der Waals surface area contributed by atoms with Crippen molar-refractivity contribution in [3.63, 3.8) is 0 Å². The van der Waals surface area contributed by atoms with Gasteiger partial charge in [-0.15, -0.1) is 0 Å². The maximum atomic E-state index is 11.4. The second-order valence-corrected chi connectivity index (χ2v) is 5.52. The Labute approximate surface area is 82.1 Å². The molecule has 1 rings (SSSR count). The number of carbonyl (C=O) groups excluding carboxylic acids is 1. The maximum absolute atomic E-state index is 11.4. The molecule has 0 radical (unpaired) electrons. The minimum Gasteiger partial charge on any atom is -0.299 e. The van der Waals surface area contributed by atoms with Crippen molar-refractivity contribution in [1.82, 2.24) is 0 Å². The van der Waals surface area contributed by atoms with E-state index in [-0.39, 0.29) is 11.3 Å². The van der Waals surface area contributed by atoms with E-state index in [9.17, 15) is 4.79 Å². The predicted molar refractivity (Wildman–Crippen MR) is 55.0 cm³/mol. The highest BCUT2D eigenvalue weighted by Crippen LogP contribution is 2.42. The van der Waals surface area contributed by atoms with E-state index in [1.165, 1.54) is 0 Å². The van der Waals surface area contributed by atoms with Crippen molar-refractivity contribution in [3.8, 4) is 0 Å². The zero-order valence-corrected chi connectivity index (χ0v) is 9.51. The largest absolute Gasteiger partial charge is 0.299 e. The van der Waals surface area contributed by atoms with Crippen LogP contribution in [0.25, 0.3) is 0 Å². The molecule has 1 fully saturated rings. The first kappa shape index (κ1) is 9.49. The van der Waals surface area contributed by atoms with E-state index in [0.29, 0.717) is 9.71 Å². The summed E-state index contributed by atoms with van der Waals surface area (Å²) in [6.45, 7) is 6.46. The molecule has 0 heterocycles. The van der Waals surface area contributed by atoms with Gasteiger partial charge in [-0.1, -0.05) is 43.4 Å². The number of ketones is 1. The maximum Gasteiger partial charge on any atom is 0.136 e. The highest BCUT2D eigenvalue weighted by atomic mass is 127. The second-order valence-electron chi connectivity index (χ2n) is 4.02. The second kappa shape index (κ2) is 3.04. The molecular weight excluding hydrogens is 251 g/mol. The van der Waals surface area contributed by atoms with E-state index in [2.05, 4.69) is 43.4 Å². The van der Waals surface area contributed by atoms with E-state index in [0.717, 1.165) is 12.8 Å². The van der Waals surface area contributed by atoms with Gasteiger partial charge >= 0.3 is 0 Å². The van der Waals surface area contributed by atoms with E-state index in [1.807, 2.05) is 0 Å². The molecule has 64 valence electrons. The Morgan fingerprint density at radius 3 is 2.55 bits per heavy atom. The minimum atomic E-state index is 0.204. The molecule has 1 nitrogen and oxygen atoms in total. The molecule has 0 N–H and O–H groups in total. The molecule has 11 heavy (non-hydrogen) atoms. The van der Waals surface area contributed by atoms with Crippen LogP contribution in [-0.4, -0.2) is 9.71 Å². The van der Waals surface area contributed by atoms with E-state index < -0.39 is 0 Å². The molecule has 2 heteroatoms. The number of carbonyl (C=O) groups is 1. The summed E-state index contributed by atoms with van der Waals surface area (Å²) in [5.74, 6) is 0.695. The molecule has 0 spiro atoms. The van der Waals surface area contributed by atoms with Crippen LogP contribution in [0.2, 0.25) is 0 Å². The van der Waals surface area contributed by atoms with Crippen LogP contribution in [-0.2, 0) is 4.79 Å². The van der Waals surface area contributed by atoms with Crippen molar-refractivity contribution < 1.29 is 4.79 Å². The molecule has 0 saturated heterocycles. The third kappa shape index (κ3) is 1.60. The number of rotatable bonds is 0. The van der Waals surface area contributed by atoms with Gasteiger partial charge in [0.25, 0.3) is 0 Å².